The van der Waals surface area contributed by atoms with Gasteiger partial charge in [0.25, 0.3) is 15.9 Å². The number of nitrogens with zero attached hydrogens (tertiary/aromatic N) is 2. The molecule has 1 unspecified atom stereocenters. The normalized spacial score (nSPS) is 11.7. The van der Waals surface area contributed by atoms with Gasteiger partial charge in [-0.1, -0.05) is 48.5 Å². The Hall–Kier alpha value is -5.62. The number of hydrogen-bond acceptors (Lipinski definition) is 6. The van der Waals surface area contributed by atoms with Crippen molar-refractivity contribution in [2.75, 3.05) is 11.3 Å². The monoisotopic (exact) mass is 670 g/mol. The van der Waals surface area contributed by atoms with Crippen LogP contribution in [-0.4, -0.2) is 42.8 Å². The first-order valence-electron chi connectivity index (χ1n) is 14.9. The lowest BCUT2D eigenvalue weighted by Crippen LogP contribution is -2.51. The van der Waals surface area contributed by atoms with E-state index < -0.39 is 46.1 Å². The molecule has 9 nitrogen and oxygen atoms in total. The third-order valence-corrected chi connectivity index (χ3v) is 8.72. The zero-order chi connectivity index (χ0) is 33.9. The molecular weight excluding hydrogens is 638 g/mol. The quantitative estimate of drug-likeness (QED) is 0.161. The van der Waals surface area contributed by atoms with E-state index in [2.05, 4.69) is 15.0 Å². The average molecular weight is 671 g/mol. The van der Waals surface area contributed by atoms with Crippen molar-refractivity contribution in [2.45, 2.75) is 30.4 Å². The minimum atomic E-state index is -3.98. The summed E-state index contributed by atoms with van der Waals surface area (Å²) in [5, 5.41) is 2.91. The van der Waals surface area contributed by atoms with E-state index >= 15 is 0 Å². The molecule has 5 rings (SSSR count). The van der Waals surface area contributed by atoms with Gasteiger partial charge in [0, 0.05) is 37.6 Å². The predicted molar refractivity (Wildman–Crippen MR) is 176 cm³/mol. The van der Waals surface area contributed by atoms with Gasteiger partial charge >= 0.3 is 0 Å². The minimum Gasteiger partial charge on any atom is -0.484 e. The van der Waals surface area contributed by atoms with Gasteiger partial charge < -0.3 is 15.0 Å². The number of hydrogen-bond donors (Lipinski definition) is 2. The van der Waals surface area contributed by atoms with Gasteiger partial charge in [-0.3, -0.25) is 19.3 Å². The van der Waals surface area contributed by atoms with Gasteiger partial charge in [0.2, 0.25) is 5.91 Å². The molecule has 1 aromatic heterocycles. The van der Waals surface area contributed by atoms with Crippen LogP contribution in [0.3, 0.4) is 0 Å². The highest BCUT2D eigenvalue weighted by Crippen LogP contribution is 2.21. The van der Waals surface area contributed by atoms with E-state index in [4.69, 9.17) is 4.74 Å². The van der Waals surface area contributed by atoms with Crippen molar-refractivity contribution in [3.8, 4) is 5.75 Å². The standard InChI is InChI=1S/C36H32F2N4O5S/c37-29-10-8-27(9-11-29)24-42(34(21-26-5-2-1-3-6-26)36(44)40-23-28-7-4-20-39-22-28)35(43)25-47-32-16-18-33(19-17-32)48(45,46)41-31-14-12-30(38)13-15-31/h1-20,22,34,41H,21,23-25H2,(H,40,44). The maximum absolute atomic E-state index is 13.9. The fourth-order valence-electron chi connectivity index (χ4n) is 4.83. The van der Waals surface area contributed by atoms with E-state index in [9.17, 15) is 26.8 Å². The van der Waals surface area contributed by atoms with E-state index in [1.807, 2.05) is 36.4 Å². The number of carbonyl (C=O) groups excluding carboxylic acids is 2. The van der Waals surface area contributed by atoms with E-state index in [1.54, 1.807) is 30.6 Å². The number of anilines is 1. The van der Waals surface area contributed by atoms with E-state index in [0.29, 0.717) is 5.56 Å². The number of ether oxygens (including phenoxy) is 1. The molecule has 0 spiro atoms. The van der Waals surface area contributed by atoms with Gasteiger partial charge in [0.15, 0.2) is 6.61 Å². The maximum atomic E-state index is 13.9. The summed E-state index contributed by atoms with van der Waals surface area (Å²) in [5.41, 5.74) is 2.40. The molecule has 246 valence electrons. The largest absolute Gasteiger partial charge is 0.484 e. The fourth-order valence-corrected chi connectivity index (χ4v) is 5.88. The van der Waals surface area contributed by atoms with Crippen LogP contribution in [0.5, 0.6) is 5.75 Å². The summed E-state index contributed by atoms with van der Waals surface area (Å²) < 4.78 is 60.7. The zero-order valence-electron chi connectivity index (χ0n) is 25.6. The van der Waals surface area contributed by atoms with Gasteiger partial charge in [-0.15, -0.1) is 0 Å². The lowest BCUT2D eigenvalue weighted by Gasteiger charge is -2.31. The van der Waals surface area contributed by atoms with Gasteiger partial charge in [-0.2, -0.15) is 0 Å². The highest BCUT2D eigenvalue weighted by atomic mass is 32.2. The molecule has 1 heterocycles. The van der Waals surface area contributed by atoms with Crippen LogP contribution in [0.15, 0.2) is 133 Å². The number of nitrogens with one attached hydrogen (secondary N) is 2. The van der Waals surface area contributed by atoms with Crippen LogP contribution < -0.4 is 14.8 Å². The zero-order valence-corrected chi connectivity index (χ0v) is 26.4. The molecule has 0 fully saturated rings. The second-order valence-corrected chi connectivity index (χ2v) is 12.5. The van der Waals surface area contributed by atoms with Crippen LogP contribution in [0.25, 0.3) is 0 Å². The number of benzene rings is 4. The molecule has 2 amide bonds. The Kier molecular flexibility index (Phi) is 11.1. The van der Waals surface area contributed by atoms with Gasteiger partial charge in [-0.05, 0) is 83.4 Å². The van der Waals surface area contributed by atoms with E-state index in [0.717, 1.165) is 23.3 Å². The molecular formula is C36H32F2N4O5S. The number of rotatable bonds is 14. The summed E-state index contributed by atoms with van der Waals surface area (Å²) >= 11 is 0. The van der Waals surface area contributed by atoms with Crippen LogP contribution in [0.2, 0.25) is 0 Å². The van der Waals surface area contributed by atoms with Crippen molar-refractivity contribution in [1.82, 2.24) is 15.2 Å². The Morgan fingerprint density at radius 2 is 1.42 bits per heavy atom. The third kappa shape index (κ3) is 9.46. The molecule has 0 aliphatic rings. The molecule has 12 heteroatoms. The SMILES string of the molecule is O=C(NCc1cccnc1)C(Cc1ccccc1)N(Cc1ccc(F)cc1)C(=O)COc1ccc(S(=O)(=O)Nc2ccc(F)cc2)cc1. The van der Waals surface area contributed by atoms with Crippen LogP contribution in [-0.2, 0) is 39.1 Å². The molecule has 0 saturated carbocycles. The Balaban J connectivity index is 1.34. The first kappa shape index (κ1) is 33.7. The number of pyridine rings is 1. The molecule has 4 aromatic carbocycles. The molecule has 0 radical (unpaired) electrons. The Bertz CT molecular complexity index is 1910. The number of halogens is 2. The van der Waals surface area contributed by atoms with Crippen LogP contribution in [0, 0.1) is 11.6 Å². The molecule has 1 atom stereocenters. The van der Waals surface area contributed by atoms with Gasteiger partial charge in [0.1, 0.15) is 23.4 Å². The highest BCUT2D eigenvalue weighted by Gasteiger charge is 2.31. The second kappa shape index (κ2) is 15.8. The molecule has 48 heavy (non-hydrogen) atoms. The third-order valence-electron chi connectivity index (χ3n) is 7.32. The summed E-state index contributed by atoms with van der Waals surface area (Å²) in [6.07, 6.45) is 3.46. The van der Waals surface area contributed by atoms with Crippen LogP contribution in [0.4, 0.5) is 14.5 Å². The van der Waals surface area contributed by atoms with Crippen molar-refractivity contribution < 1.29 is 31.5 Å². The van der Waals surface area contributed by atoms with Crippen molar-refractivity contribution in [1.29, 1.82) is 0 Å². The minimum absolute atomic E-state index is 0.00742. The highest BCUT2D eigenvalue weighted by molar-refractivity contribution is 7.92. The molecule has 0 aliphatic heterocycles. The van der Waals surface area contributed by atoms with Gasteiger partial charge in [0.05, 0.1) is 4.90 Å². The van der Waals surface area contributed by atoms with Crippen molar-refractivity contribution in [3.63, 3.8) is 0 Å². The Morgan fingerprint density at radius 1 is 0.771 bits per heavy atom. The summed E-state index contributed by atoms with van der Waals surface area (Å²) in [5.74, 6) is -1.64. The second-order valence-electron chi connectivity index (χ2n) is 10.8. The first-order valence-corrected chi connectivity index (χ1v) is 16.4. The van der Waals surface area contributed by atoms with Crippen LogP contribution in [0.1, 0.15) is 16.7 Å². The van der Waals surface area contributed by atoms with Crippen molar-refractivity contribution in [3.05, 3.63) is 156 Å². The molecule has 5 aromatic rings. The number of amides is 2. The molecule has 2 N–H and O–H groups in total. The van der Waals surface area contributed by atoms with Crippen LogP contribution >= 0.6 is 0 Å². The van der Waals surface area contributed by atoms with Gasteiger partial charge in [-0.25, -0.2) is 17.2 Å². The number of carbonyl (C=O) groups is 2. The maximum Gasteiger partial charge on any atom is 0.261 e. The predicted octanol–water partition coefficient (Wildman–Crippen LogP) is 5.50. The Labute approximate surface area is 277 Å². The Morgan fingerprint density at radius 3 is 2.06 bits per heavy atom. The summed E-state index contributed by atoms with van der Waals surface area (Å²) in [6, 6.07) is 27.8. The number of aromatic nitrogens is 1. The molecule has 0 aliphatic carbocycles. The topological polar surface area (TPSA) is 118 Å². The van der Waals surface area contributed by atoms with E-state index in [-0.39, 0.29) is 35.8 Å². The van der Waals surface area contributed by atoms with Crippen molar-refractivity contribution in [2.24, 2.45) is 0 Å². The molecule has 0 saturated heterocycles. The lowest BCUT2D eigenvalue weighted by atomic mass is 10.0. The number of sulfonamides is 1. The molecule has 0 bridgehead atoms. The average Bonchev–Trinajstić information content (AvgIpc) is 3.10. The first-order chi connectivity index (χ1) is 23.2. The summed E-state index contributed by atoms with van der Waals surface area (Å²) in [7, 11) is -3.98. The fraction of sp³-hybridized carbons (Fsp3) is 0.139. The van der Waals surface area contributed by atoms with Crippen molar-refractivity contribution >= 4 is 27.5 Å². The lowest BCUT2D eigenvalue weighted by molar-refractivity contribution is -0.142. The van der Waals surface area contributed by atoms with E-state index in [1.165, 1.54) is 53.4 Å². The summed E-state index contributed by atoms with van der Waals surface area (Å²) in [4.78, 5) is 33.0. The summed E-state index contributed by atoms with van der Waals surface area (Å²) in [6.45, 7) is -0.285. The smallest absolute Gasteiger partial charge is 0.261 e.